The molecule has 0 bridgehead atoms. The Morgan fingerprint density at radius 1 is 1.08 bits per heavy atom. The van der Waals surface area contributed by atoms with Crippen LogP contribution >= 0.6 is 0 Å². The van der Waals surface area contributed by atoms with E-state index >= 15 is 0 Å². The predicted molar refractivity (Wildman–Crippen MR) is 109 cm³/mol. The van der Waals surface area contributed by atoms with Gasteiger partial charge in [-0.2, -0.15) is 0 Å². The Bertz CT molecular complexity index is 532. The van der Waals surface area contributed by atoms with Gasteiger partial charge in [-0.3, -0.25) is 9.89 Å². The Hall–Kier alpha value is -1.63. The van der Waals surface area contributed by atoms with E-state index in [1.165, 1.54) is 30.6 Å². The molecule has 1 aliphatic heterocycles. The molecule has 0 spiro atoms. The lowest BCUT2D eigenvalue weighted by atomic mass is 10.1. The molecular formula is C20H35N5O. The summed E-state index contributed by atoms with van der Waals surface area (Å²) in [6, 6.07) is 8.91. The van der Waals surface area contributed by atoms with E-state index in [1.54, 1.807) is 7.05 Å². The molecule has 1 saturated heterocycles. The van der Waals surface area contributed by atoms with Gasteiger partial charge in [0, 0.05) is 46.4 Å². The summed E-state index contributed by atoms with van der Waals surface area (Å²) in [5.41, 5.74) is 2.65. The summed E-state index contributed by atoms with van der Waals surface area (Å²) in [4.78, 5) is 9.22. The smallest absolute Gasteiger partial charge is 0.191 e. The van der Waals surface area contributed by atoms with Crippen molar-refractivity contribution in [3.8, 4) is 0 Å². The molecule has 146 valence electrons. The molecule has 6 nitrogen and oxygen atoms in total. The van der Waals surface area contributed by atoms with Crippen molar-refractivity contribution >= 4 is 5.96 Å². The van der Waals surface area contributed by atoms with Gasteiger partial charge < -0.3 is 20.3 Å². The average molecular weight is 362 g/mol. The first-order valence-electron chi connectivity index (χ1n) is 9.72. The van der Waals surface area contributed by atoms with Crippen LogP contribution in [0.4, 0.5) is 0 Å². The van der Waals surface area contributed by atoms with Crippen molar-refractivity contribution in [2.24, 2.45) is 4.99 Å². The van der Waals surface area contributed by atoms with Crippen molar-refractivity contribution in [2.45, 2.75) is 26.4 Å². The van der Waals surface area contributed by atoms with E-state index in [-0.39, 0.29) is 0 Å². The zero-order valence-corrected chi connectivity index (χ0v) is 16.6. The monoisotopic (exact) mass is 361 g/mol. The van der Waals surface area contributed by atoms with Crippen LogP contribution in [0.3, 0.4) is 0 Å². The van der Waals surface area contributed by atoms with E-state index in [0.717, 1.165) is 45.3 Å². The van der Waals surface area contributed by atoms with Gasteiger partial charge in [-0.1, -0.05) is 24.3 Å². The van der Waals surface area contributed by atoms with Gasteiger partial charge in [0.1, 0.15) is 0 Å². The fraction of sp³-hybridized carbons (Fsp3) is 0.650. The third-order valence-corrected chi connectivity index (χ3v) is 4.67. The van der Waals surface area contributed by atoms with Crippen LogP contribution in [-0.2, 0) is 17.8 Å². The molecular weight excluding hydrogens is 326 g/mol. The quantitative estimate of drug-likeness (QED) is 0.418. The minimum atomic E-state index is 0.693. The molecule has 0 unspecified atom stereocenters. The van der Waals surface area contributed by atoms with Gasteiger partial charge in [0.2, 0.25) is 0 Å². The van der Waals surface area contributed by atoms with Crippen LogP contribution in [-0.4, -0.2) is 75.8 Å². The van der Waals surface area contributed by atoms with Crippen molar-refractivity contribution in [1.29, 1.82) is 0 Å². The van der Waals surface area contributed by atoms with Gasteiger partial charge in [0.15, 0.2) is 5.96 Å². The van der Waals surface area contributed by atoms with Crippen LogP contribution in [0, 0.1) is 0 Å². The minimum Gasteiger partial charge on any atom is -0.380 e. The third-order valence-electron chi connectivity index (χ3n) is 4.67. The number of nitrogens with zero attached hydrogens (tertiary/aromatic N) is 3. The number of benzene rings is 1. The number of aliphatic imine (C=N–C) groups is 1. The highest BCUT2D eigenvalue weighted by Gasteiger charge is 2.12. The van der Waals surface area contributed by atoms with Gasteiger partial charge in [-0.05, 0) is 44.6 Å². The summed E-state index contributed by atoms with van der Waals surface area (Å²) < 4.78 is 5.33. The van der Waals surface area contributed by atoms with Crippen molar-refractivity contribution in [2.75, 3.05) is 60.0 Å². The zero-order chi connectivity index (χ0) is 18.6. The molecule has 1 aliphatic rings. The summed E-state index contributed by atoms with van der Waals surface area (Å²) >= 11 is 0. The molecule has 0 aliphatic carbocycles. The maximum atomic E-state index is 5.33. The van der Waals surface area contributed by atoms with E-state index < -0.39 is 0 Å². The fourth-order valence-electron chi connectivity index (χ4n) is 3.07. The van der Waals surface area contributed by atoms with E-state index in [2.05, 4.69) is 56.7 Å². The summed E-state index contributed by atoms with van der Waals surface area (Å²) in [6.07, 6.45) is 1.26. The first-order valence-corrected chi connectivity index (χ1v) is 9.72. The lowest BCUT2D eigenvalue weighted by molar-refractivity contribution is 0.152. The van der Waals surface area contributed by atoms with Crippen molar-refractivity contribution in [1.82, 2.24) is 20.4 Å². The fourth-order valence-corrected chi connectivity index (χ4v) is 3.07. The lowest BCUT2D eigenvalue weighted by Gasteiger charge is -2.20. The number of ether oxygens (including phenoxy) is 1. The molecule has 0 radical (unpaired) electrons. The second-order valence-electron chi connectivity index (χ2n) is 6.80. The van der Waals surface area contributed by atoms with E-state index in [4.69, 9.17) is 4.74 Å². The maximum Gasteiger partial charge on any atom is 0.191 e. The van der Waals surface area contributed by atoms with Gasteiger partial charge in [-0.25, -0.2) is 0 Å². The number of likely N-dealkylation sites (N-methyl/N-ethyl adjacent to an activating group) is 1. The van der Waals surface area contributed by atoms with Crippen LogP contribution in [0.15, 0.2) is 29.3 Å². The zero-order valence-electron chi connectivity index (χ0n) is 16.6. The molecule has 0 amide bonds. The number of rotatable bonds is 8. The van der Waals surface area contributed by atoms with Gasteiger partial charge >= 0.3 is 0 Å². The van der Waals surface area contributed by atoms with Crippen molar-refractivity contribution in [3.63, 3.8) is 0 Å². The second kappa shape index (κ2) is 11.9. The van der Waals surface area contributed by atoms with Crippen molar-refractivity contribution < 1.29 is 4.74 Å². The van der Waals surface area contributed by atoms with Crippen molar-refractivity contribution in [3.05, 3.63) is 35.4 Å². The lowest BCUT2D eigenvalue weighted by Crippen LogP contribution is -2.38. The summed E-state index contributed by atoms with van der Waals surface area (Å²) in [5, 5.41) is 6.60. The Morgan fingerprint density at radius 3 is 2.58 bits per heavy atom. The Balaban J connectivity index is 1.74. The number of nitrogens with one attached hydrogen (secondary N) is 2. The molecule has 1 aromatic carbocycles. The standard InChI is InChI=1S/C20H35N5O/c1-4-26-15-10-22-20(21-2)23-16-18-6-8-19(9-7-18)17-25-12-5-11-24(3)13-14-25/h6-9H,4-5,10-17H2,1-3H3,(H2,21,22,23). The SMILES string of the molecule is CCOCCNC(=NC)NCc1ccc(CN2CCCN(C)CC2)cc1. The van der Waals surface area contributed by atoms with E-state index in [9.17, 15) is 0 Å². The first-order chi connectivity index (χ1) is 12.7. The highest BCUT2D eigenvalue weighted by molar-refractivity contribution is 5.79. The second-order valence-corrected chi connectivity index (χ2v) is 6.80. The molecule has 1 fully saturated rings. The van der Waals surface area contributed by atoms with Gasteiger partial charge in [0.25, 0.3) is 0 Å². The van der Waals surface area contributed by atoms with Crippen LogP contribution < -0.4 is 10.6 Å². The molecule has 1 heterocycles. The average Bonchev–Trinajstić information content (AvgIpc) is 2.86. The summed E-state index contributed by atoms with van der Waals surface area (Å²) in [5.74, 6) is 0.808. The Labute approximate surface area is 158 Å². The van der Waals surface area contributed by atoms with Crippen LogP contribution in [0.2, 0.25) is 0 Å². The molecule has 1 aromatic rings. The highest BCUT2D eigenvalue weighted by Crippen LogP contribution is 2.10. The van der Waals surface area contributed by atoms with Gasteiger partial charge in [0.05, 0.1) is 6.61 Å². The largest absolute Gasteiger partial charge is 0.380 e. The highest BCUT2D eigenvalue weighted by atomic mass is 16.5. The molecule has 0 atom stereocenters. The topological polar surface area (TPSA) is 52.1 Å². The molecule has 2 rings (SSSR count). The van der Waals surface area contributed by atoms with Crippen LogP contribution in [0.25, 0.3) is 0 Å². The normalized spacial score (nSPS) is 17.1. The Kier molecular flexibility index (Phi) is 9.45. The minimum absolute atomic E-state index is 0.693. The number of guanidine groups is 1. The molecule has 26 heavy (non-hydrogen) atoms. The first kappa shape index (κ1) is 20.7. The summed E-state index contributed by atoms with van der Waals surface area (Å²) in [6.45, 7) is 10.7. The predicted octanol–water partition coefficient (Wildman–Crippen LogP) is 1.53. The molecule has 0 saturated carbocycles. The molecule has 0 aromatic heterocycles. The molecule has 6 heteroatoms. The van der Waals surface area contributed by atoms with E-state index in [0.29, 0.717) is 6.61 Å². The number of hydrogen-bond acceptors (Lipinski definition) is 4. The van der Waals surface area contributed by atoms with Gasteiger partial charge in [-0.15, -0.1) is 0 Å². The molecule has 2 N–H and O–H groups in total. The Morgan fingerprint density at radius 2 is 1.85 bits per heavy atom. The maximum absolute atomic E-state index is 5.33. The summed E-state index contributed by atoms with van der Waals surface area (Å²) in [7, 11) is 4.00. The van der Waals surface area contributed by atoms with Crippen LogP contribution in [0.1, 0.15) is 24.5 Å². The third kappa shape index (κ3) is 7.72. The van der Waals surface area contributed by atoms with Crippen LogP contribution in [0.5, 0.6) is 0 Å². The van der Waals surface area contributed by atoms with E-state index in [1.807, 2.05) is 6.92 Å². The number of hydrogen-bond donors (Lipinski definition) is 2.